The van der Waals surface area contributed by atoms with Crippen molar-refractivity contribution in [3.05, 3.63) is 24.3 Å². The lowest BCUT2D eigenvalue weighted by Gasteiger charge is -2.06. The Morgan fingerprint density at radius 2 is 1.89 bits per heavy atom. The number of esters is 1. The Morgan fingerprint density at radius 3 is 2.53 bits per heavy atom. The summed E-state index contributed by atoms with van der Waals surface area (Å²) in [6.07, 6.45) is 5.38. The first kappa shape index (κ1) is 15.9. The number of hydrogen-bond acceptors (Lipinski definition) is 4. The summed E-state index contributed by atoms with van der Waals surface area (Å²) in [5.74, 6) is 0.805. The van der Waals surface area contributed by atoms with Crippen LogP contribution in [0, 0.1) is 0 Å². The van der Waals surface area contributed by atoms with E-state index < -0.39 is 0 Å². The third kappa shape index (κ3) is 7.11. The quantitative estimate of drug-likeness (QED) is 0.391. The smallest absolute Gasteiger partial charge is 0.305 e. The highest BCUT2D eigenvalue weighted by molar-refractivity contribution is 7.98. The SMILES string of the molecule is CCOC(=O)CCCCCOc1ccc(SC)cc1. The first-order valence-corrected chi connectivity index (χ1v) is 7.91. The van der Waals surface area contributed by atoms with Gasteiger partial charge in [0.05, 0.1) is 13.2 Å². The van der Waals surface area contributed by atoms with Crippen LogP contribution in [-0.4, -0.2) is 25.4 Å². The maximum absolute atomic E-state index is 11.1. The molecule has 0 saturated heterocycles. The van der Waals surface area contributed by atoms with Gasteiger partial charge in [-0.2, -0.15) is 0 Å². The van der Waals surface area contributed by atoms with Gasteiger partial charge in [-0.25, -0.2) is 0 Å². The van der Waals surface area contributed by atoms with Crippen LogP contribution in [0.4, 0.5) is 0 Å². The van der Waals surface area contributed by atoms with Crippen LogP contribution in [0.1, 0.15) is 32.6 Å². The predicted molar refractivity (Wildman–Crippen MR) is 78.8 cm³/mol. The lowest BCUT2D eigenvalue weighted by atomic mass is 10.2. The second-order valence-electron chi connectivity index (χ2n) is 4.14. The van der Waals surface area contributed by atoms with Gasteiger partial charge in [0.1, 0.15) is 5.75 Å². The number of rotatable bonds is 9. The summed E-state index contributed by atoms with van der Waals surface area (Å²) < 4.78 is 10.5. The van der Waals surface area contributed by atoms with E-state index in [2.05, 4.69) is 18.4 Å². The summed E-state index contributed by atoms with van der Waals surface area (Å²) in [6.45, 7) is 2.99. The van der Waals surface area contributed by atoms with Gasteiger partial charge in [0.2, 0.25) is 0 Å². The Kier molecular flexibility index (Phi) is 8.14. The summed E-state index contributed by atoms with van der Waals surface area (Å²) >= 11 is 1.72. The highest BCUT2D eigenvalue weighted by Crippen LogP contribution is 2.19. The number of unbranched alkanes of at least 4 members (excludes halogenated alkanes) is 2. The molecule has 0 aliphatic heterocycles. The van der Waals surface area contributed by atoms with Crippen LogP contribution < -0.4 is 4.74 Å². The van der Waals surface area contributed by atoms with E-state index in [0.29, 0.717) is 19.6 Å². The van der Waals surface area contributed by atoms with Crippen molar-refractivity contribution in [1.29, 1.82) is 0 Å². The largest absolute Gasteiger partial charge is 0.494 e. The molecule has 0 heterocycles. The van der Waals surface area contributed by atoms with Gasteiger partial charge in [-0.3, -0.25) is 4.79 Å². The van der Waals surface area contributed by atoms with Gasteiger partial charge in [-0.05, 0) is 56.7 Å². The molecule has 0 unspecified atom stereocenters. The van der Waals surface area contributed by atoms with Gasteiger partial charge >= 0.3 is 5.97 Å². The van der Waals surface area contributed by atoms with Gasteiger partial charge in [-0.15, -0.1) is 11.8 Å². The standard InChI is InChI=1S/C15H22O3S/c1-3-17-15(16)7-5-4-6-12-18-13-8-10-14(19-2)11-9-13/h8-11H,3-7,12H2,1-2H3. The lowest BCUT2D eigenvalue weighted by Crippen LogP contribution is -2.04. The molecular formula is C15H22O3S. The molecule has 19 heavy (non-hydrogen) atoms. The van der Waals surface area contributed by atoms with Crippen LogP contribution in [-0.2, 0) is 9.53 Å². The van der Waals surface area contributed by atoms with Gasteiger partial charge in [0.15, 0.2) is 0 Å². The van der Waals surface area contributed by atoms with Crippen molar-refractivity contribution >= 4 is 17.7 Å². The first-order chi connectivity index (χ1) is 9.26. The van der Waals surface area contributed by atoms with E-state index in [4.69, 9.17) is 9.47 Å². The van der Waals surface area contributed by atoms with Crippen LogP contribution in [0.25, 0.3) is 0 Å². The van der Waals surface area contributed by atoms with Crippen LogP contribution in [0.2, 0.25) is 0 Å². The zero-order valence-corrected chi connectivity index (χ0v) is 12.5. The van der Waals surface area contributed by atoms with Gasteiger partial charge in [0, 0.05) is 11.3 Å². The van der Waals surface area contributed by atoms with E-state index in [1.807, 2.05) is 19.1 Å². The normalized spacial score (nSPS) is 10.2. The van der Waals surface area contributed by atoms with Crippen LogP contribution in [0.3, 0.4) is 0 Å². The van der Waals surface area contributed by atoms with E-state index in [1.54, 1.807) is 11.8 Å². The van der Waals surface area contributed by atoms with Crippen molar-refractivity contribution in [3.8, 4) is 5.75 Å². The molecule has 0 radical (unpaired) electrons. The fraction of sp³-hybridized carbons (Fsp3) is 0.533. The van der Waals surface area contributed by atoms with E-state index >= 15 is 0 Å². The molecule has 1 rings (SSSR count). The van der Waals surface area contributed by atoms with E-state index in [9.17, 15) is 4.79 Å². The van der Waals surface area contributed by atoms with Crippen molar-refractivity contribution in [2.75, 3.05) is 19.5 Å². The highest BCUT2D eigenvalue weighted by Gasteiger charge is 2.01. The highest BCUT2D eigenvalue weighted by atomic mass is 32.2. The lowest BCUT2D eigenvalue weighted by molar-refractivity contribution is -0.143. The van der Waals surface area contributed by atoms with Crippen molar-refractivity contribution in [1.82, 2.24) is 0 Å². The van der Waals surface area contributed by atoms with E-state index in [1.165, 1.54) is 4.90 Å². The van der Waals surface area contributed by atoms with Gasteiger partial charge < -0.3 is 9.47 Å². The summed E-state index contributed by atoms with van der Waals surface area (Å²) in [5, 5.41) is 0. The monoisotopic (exact) mass is 282 g/mol. The molecule has 3 nitrogen and oxygen atoms in total. The molecule has 0 saturated carbocycles. The first-order valence-electron chi connectivity index (χ1n) is 6.68. The molecule has 0 atom stereocenters. The molecule has 0 aliphatic carbocycles. The fourth-order valence-electron chi connectivity index (χ4n) is 1.64. The second kappa shape index (κ2) is 9.73. The maximum Gasteiger partial charge on any atom is 0.305 e. The molecule has 4 heteroatoms. The van der Waals surface area contributed by atoms with Gasteiger partial charge in [-0.1, -0.05) is 0 Å². The molecular weight excluding hydrogens is 260 g/mol. The van der Waals surface area contributed by atoms with E-state index in [-0.39, 0.29) is 5.97 Å². The zero-order chi connectivity index (χ0) is 13.9. The predicted octanol–water partition coefficient (Wildman–Crippen LogP) is 3.91. The molecule has 0 N–H and O–H groups in total. The topological polar surface area (TPSA) is 35.5 Å². The average Bonchev–Trinajstić information content (AvgIpc) is 2.43. The summed E-state index contributed by atoms with van der Waals surface area (Å²) in [4.78, 5) is 12.3. The van der Waals surface area contributed by atoms with Crippen LogP contribution in [0.5, 0.6) is 5.75 Å². The number of hydrogen-bond donors (Lipinski definition) is 0. The minimum atomic E-state index is -0.101. The van der Waals surface area contributed by atoms with Crippen molar-refractivity contribution in [2.24, 2.45) is 0 Å². The molecule has 0 fully saturated rings. The van der Waals surface area contributed by atoms with Crippen molar-refractivity contribution in [2.45, 2.75) is 37.5 Å². The van der Waals surface area contributed by atoms with Crippen molar-refractivity contribution in [3.63, 3.8) is 0 Å². The molecule has 0 bridgehead atoms. The Labute approximate surface area is 119 Å². The number of ether oxygens (including phenoxy) is 2. The number of thioether (sulfide) groups is 1. The van der Waals surface area contributed by atoms with Gasteiger partial charge in [0.25, 0.3) is 0 Å². The molecule has 1 aromatic rings. The number of carbonyl (C=O) groups is 1. The average molecular weight is 282 g/mol. The minimum absolute atomic E-state index is 0.101. The second-order valence-corrected chi connectivity index (χ2v) is 5.02. The maximum atomic E-state index is 11.1. The zero-order valence-electron chi connectivity index (χ0n) is 11.7. The summed E-state index contributed by atoms with van der Waals surface area (Å²) in [6, 6.07) is 8.09. The number of carbonyl (C=O) groups excluding carboxylic acids is 1. The third-order valence-corrected chi connectivity index (χ3v) is 3.40. The van der Waals surface area contributed by atoms with Crippen LogP contribution in [0.15, 0.2) is 29.2 Å². The molecule has 0 spiro atoms. The molecule has 106 valence electrons. The number of benzene rings is 1. The minimum Gasteiger partial charge on any atom is -0.494 e. The Balaban J connectivity index is 2.05. The Bertz CT molecular complexity index is 362. The Hall–Kier alpha value is -1.16. The van der Waals surface area contributed by atoms with E-state index in [0.717, 1.165) is 25.0 Å². The molecule has 0 amide bonds. The fourth-order valence-corrected chi connectivity index (χ4v) is 2.05. The molecule has 0 aromatic heterocycles. The Morgan fingerprint density at radius 1 is 1.16 bits per heavy atom. The van der Waals surface area contributed by atoms with Crippen molar-refractivity contribution < 1.29 is 14.3 Å². The summed E-state index contributed by atoms with van der Waals surface area (Å²) in [7, 11) is 0. The molecule has 0 aliphatic rings. The third-order valence-electron chi connectivity index (χ3n) is 2.66. The van der Waals surface area contributed by atoms with Crippen LogP contribution >= 0.6 is 11.8 Å². The molecule has 1 aromatic carbocycles. The summed E-state index contributed by atoms with van der Waals surface area (Å²) in [5.41, 5.74) is 0.